The fraction of sp³-hybridized carbons (Fsp3) is 0.167. The van der Waals surface area contributed by atoms with Crippen LogP contribution in [0.4, 0.5) is 0 Å². The number of carboxylic acid groups (broad SMARTS) is 1. The van der Waals surface area contributed by atoms with Crippen molar-refractivity contribution in [3.8, 4) is 0 Å². The minimum atomic E-state index is -1.19. The van der Waals surface area contributed by atoms with Crippen LogP contribution in [0.1, 0.15) is 49.9 Å². The summed E-state index contributed by atoms with van der Waals surface area (Å²) in [5.41, 5.74) is 1.28. The second-order valence-corrected chi connectivity index (χ2v) is 5.76. The zero-order chi connectivity index (χ0) is 19.6. The molecule has 9 nitrogen and oxygen atoms in total. The third-order valence-electron chi connectivity index (χ3n) is 4.02. The number of carbonyl (C=O) groups is 3. The number of esters is 1. The van der Waals surface area contributed by atoms with Crippen molar-refractivity contribution in [2.24, 2.45) is 0 Å². The Morgan fingerprint density at radius 3 is 2.56 bits per heavy atom. The number of benzene rings is 1. The summed E-state index contributed by atoms with van der Waals surface area (Å²) < 4.78 is 5.93. The maximum Gasteiger partial charge on any atom is 0.353 e. The molecule has 0 spiro atoms. The molecule has 3 rings (SSSR count). The highest BCUT2D eigenvalue weighted by atomic mass is 16.5. The van der Waals surface area contributed by atoms with Crippen LogP contribution in [0.5, 0.6) is 0 Å². The molecule has 2 aromatic heterocycles. The topological polar surface area (TPSA) is 123 Å². The molecule has 1 aromatic carbocycles. The van der Waals surface area contributed by atoms with Crippen LogP contribution in [-0.2, 0) is 4.74 Å². The summed E-state index contributed by atoms with van der Waals surface area (Å²) in [7, 11) is 1.30. The first-order chi connectivity index (χ1) is 12.9. The fourth-order valence-electron chi connectivity index (χ4n) is 2.57. The average molecular weight is 368 g/mol. The fourth-order valence-corrected chi connectivity index (χ4v) is 2.57. The van der Waals surface area contributed by atoms with Crippen LogP contribution < -0.4 is 5.32 Å². The summed E-state index contributed by atoms with van der Waals surface area (Å²) in [5, 5.41) is 12.1. The Kier molecular flexibility index (Phi) is 4.84. The van der Waals surface area contributed by atoms with Gasteiger partial charge in [-0.25, -0.2) is 19.6 Å². The van der Waals surface area contributed by atoms with Crippen molar-refractivity contribution < 1.29 is 24.2 Å². The number of aromatic carboxylic acids is 1. The first kappa shape index (κ1) is 18.1. The van der Waals surface area contributed by atoms with Crippen molar-refractivity contribution >= 4 is 23.5 Å². The molecule has 27 heavy (non-hydrogen) atoms. The molecule has 0 saturated heterocycles. The molecule has 9 heteroatoms. The van der Waals surface area contributed by atoms with Gasteiger partial charge in [-0.05, 0) is 24.6 Å². The van der Waals surface area contributed by atoms with Crippen molar-refractivity contribution in [2.75, 3.05) is 7.11 Å². The monoisotopic (exact) mass is 368 g/mol. The van der Waals surface area contributed by atoms with Gasteiger partial charge in [0.1, 0.15) is 17.7 Å². The normalized spacial score (nSPS) is 11.8. The van der Waals surface area contributed by atoms with E-state index in [4.69, 9.17) is 0 Å². The zero-order valence-electron chi connectivity index (χ0n) is 14.5. The molecule has 0 aliphatic rings. The number of aromatic nitrogens is 3. The van der Waals surface area contributed by atoms with Gasteiger partial charge in [-0.15, -0.1) is 0 Å². The molecular weight excluding hydrogens is 352 g/mol. The van der Waals surface area contributed by atoms with Crippen LogP contribution in [-0.4, -0.2) is 44.4 Å². The molecule has 0 fully saturated rings. The maximum atomic E-state index is 12.5. The molecule has 138 valence electrons. The molecule has 2 heterocycles. The number of rotatable bonds is 5. The van der Waals surface area contributed by atoms with Crippen LogP contribution in [0.25, 0.3) is 5.65 Å². The van der Waals surface area contributed by atoms with Gasteiger partial charge in [0.05, 0.1) is 24.9 Å². The van der Waals surface area contributed by atoms with E-state index in [9.17, 15) is 19.5 Å². The second-order valence-electron chi connectivity index (χ2n) is 5.76. The number of carboxylic acids is 1. The Labute approximate surface area is 153 Å². The van der Waals surface area contributed by atoms with Crippen LogP contribution in [0.2, 0.25) is 0 Å². The van der Waals surface area contributed by atoms with Gasteiger partial charge in [0.2, 0.25) is 0 Å². The van der Waals surface area contributed by atoms with E-state index in [1.165, 1.54) is 30.1 Å². The van der Waals surface area contributed by atoms with E-state index in [-0.39, 0.29) is 23.1 Å². The lowest BCUT2D eigenvalue weighted by molar-refractivity contribution is 0.0599. The molecular formula is C18H16N4O5. The highest BCUT2D eigenvalue weighted by Crippen LogP contribution is 2.15. The molecule has 0 radical (unpaired) electrons. The number of imidazole rings is 1. The molecule has 2 N–H and O–H groups in total. The quantitative estimate of drug-likeness (QED) is 0.657. The maximum absolute atomic E-state index is 12.5. The summed E-state index contributed by atoms with van der Waals surface area (Å²) in [5.74, 6) is -2.16. The number of nitrogens with one attached hydrogen (secondary N) is 1. The summed E-state index contributed by atoms with van der Waals surface area (Å²) in [6.45, 7) is 1.76. The highest BCUT2D eigenvalue weighted by molar-refractivity contribution is 5.96. The second kappa shape index (κ2) is 7.24. The SMILES string of the molecule is COC(=O)c1ccc([C@H](C)NC(=O)c2cc(C(=O)O)n3cncc3n2)cc1. The van der Waals surface area contributed by atoms with E-state index in [2.05, 4.69) is 20.0 Å². The van der Waals surface area contributed by atoms with E-state index >= 15 is 0 Å². The van der Waals surface area contributed by atoms with Crippen LogP contribution in [0.3, 0.4) is 0 Å². The number of fused-ring (bicyclic) bond motifs is 1. The Hall–Kier alpha value is -3.75. The Balaban J connectivity index is 1.81. The molecule has 3 aromatic rings. The van der Waals surface area contributed by atoms with Crippen molar-refractivity contribution in [2.45, 2.75) is 13.0 Å². The van der Waals surface area contributed by atoms with Crippen molar-refractivity contribution in [1.82, 2.24) is 19.7 Å². The predicted molar refractivity (Wildman–Crippen MR) is 93.6 cm³/mol. The number of amides is 1. The van der Waals surface area contributed by atoms with Crippen molar-refractivity contribution in [3.63, 3.8) is 0 Å². The van der Waals surface area contributed by atoms with Crippen molar-refractivity contribution in [1.29, 1.82) is 0 Å². The Morgan fingerprint density at radius 1 is 1.22 bits per heavy atom. The van der Waals surface area contributed by atoms with E-state index in [0.717, 1.165) is 5.56 Å². The van der Waals surface area contributed by atoms with E-state index in [1.54, 1.807) is 31.2 Å². The minimum Gasteiger partial charge on any atom is -0.477 e. The summed E-state index contributed by atoms with van der Waals surface area (Å²) in [6, 6.07) is 7.41. The van der Waals surface area contributed by atoms with Gasteiger partial charge in [0.25, 0.3) is 5.91 Å². The first-order valence-corrected chi connectivity index (χ1v) is 7.96. The standard InChI is InChI=1S/C18H16N4O5/c1-10(11-3-5-12(6-4-11)18(26)27-2)20-16(23)13-7-14(17(24)25)22-9-19-8-15(22)21-13/h3-10H,1-2H3,(H,20,23)(H,24,25)/t10-/m0/s1. The van der Waals surface area contributed by atoms with E-state index in [0.29, 0.717) is 5.56 Å². The highest BCUT2D eigenvalue weighted by Gasteiger charge is 2.18. The summed E-state index contributed by atoms with van der Waals surface area (Å²) >= 11 is 0. The largest absolute Gasteiger partial charge is 0.477 e. The number of carbonyl (C=O) groups excluding carboxylic acids is 2. The first-order valence-electron chi connectivity index (χ1n) is 7.96. The molecule has 0 aliphatic heterocycles. The van der Waals surface area contributed by atoms with Crippen LogP contribution >= 0.6 is 0 Å². The lowest BCUT2D eigenvalue weighted by atomic mass is 10.1. The van der Waals surface area contributed by atoms with E-state index < -0.39 is 17.8 Å². The summed E-state index contributed by atoms with van der Waals surface area (Å²) in [4.78, 5) is 43.4. The smallest absolute Gasteiger partial charge is 0.353 e. The number of ether oxygens (including phenoxy) is 1. The molecule has 0 aliphatic carbocycles. The van der Waals surface area contributed by atoms with Gasteiger partial charge < -0.3 is 15.2 Å². The number of nitrogens with zero attached hydrogens (tertiary/aromatic N) is 3. The Bertz CT molecular complexity index is 1030. The number of hydrogen-bond acceptors (Lipinski definition) is 6. The lowest BCUT2D eigenvalue weighted by Gasteiger charge is -2.15. The van der Waals surface area contributed by atoms with Gasteiger partial charge in [0.15, 0.2) is 5.65 Å². The summed E-state index contributed by atoms with van der Waals surface area (Å²) in [6.07, 6.45) is 2.69. The Morgan fingerprint density at radius 2 is 1.93 bits per heavy atom. The zero-order valence-corrected chi connectivity index (χ0v) is 14.5. The third kappa shape index (κ3) is 3.61. The third-order valence-corrected chi connectivity index (χ3v) is 4.02. The van der Waals surface area contributed by atoms with Gasteiger partial charge in [-0.2, -0.15) is 0 Å². The molecule has 0 saturated carbocycles. The number of methoxy groups -OCH3 is 1. The van der Waals surface area contributed by atoms with Crippen molar-refractivity contribution in [3.05, 3.63) is 65.4 Å². The molecule has 0 unspecified atom stereocenters. The minimum absolute atomic E-state index is 0.0292. The van der Waals surface area contributed by atoms with Gasteiger partial charge in [-0.3, -0.25) is 9.20 Å². The molecule has 0 bridgehead atoms. The van der Waals surface area contributed by atoms with Crippen LogP contribution in [0, 0.1) is 0 Å². The van der Waals surface area contributed by atoms with E-state index in [1.807, 2.05) is 0 Å². The van der Waals surface area contributed by atoms with Gasteiger partial charge in [0, 0.05) is 6.07 Å². The average Bonchev–Trinajstić information content (AvgIpc) is 3.15. The van der Waals surface area contributed by atoms with Crippen LogP contribution in [0.15, 0.2) is 42.9 Å². The molecule has 1 atom stereocenters. The van der Waals surface area contributed by atoms with Gasteiger partial charge in [-0.1, -0.05) is 12.1 Å². The predicted octanol–water partition coefficient (Wildman–Crippen LogP) is 1.71. The number of hydrogen-bond donors (Lipinski definition) is 2. The lowest BCUT2D eigenvalue weighted by Crippen LogP contribution is -2.28. The van der Waals surface area contributed by atoms with Gasteiger partial charge >= 0.3 is 11.9 Å². The molecule has 1 amide bonds.